The van der Waals surface area contributed by atoms with E-state index in [1.807, 2.05) is 0 Å². The minimum atomic E-state index is -2.59. The van der Waals surface area contributed by atoms with Crippen LogP contribution in [0.3, 0.4) is 0 Å². The highest BCUT2D eigenvalue weighted by Gasteiger charge is 2.34. The second kappa shape index (κ2) is 6.00. The van der Waals surface area contributed by atoms with Gasteiger partial charge < -0.3 is 10.2 Å². The molecule has 8 heteroatoms. The smallest absolute Gasteiger partial charge is 0.251 e. The Labute approximate surface area is 131 Å². The molecule has 0 atom stereocenters. The van der Waals surface area contributed by atoms with E-state index in [4.69, 9.17) is 11.6 Å². The number of halogens is 3. The lowest BCUT2D eigenvalue weighted by atomic mass is 10.1. The molecule has 0 aliphatic carbocycles. The fourth-order valence-corrected chi connectivity index (χ4v) is 2.37. The van der Waals surface area contributed by atoms with Crippen LogP contribution in [-0.2, 0) is 0 Å². The van der Waals surface area contributed by atoms with E-state index in [9.17, 15) is 8.78 Å². The molecule has 1 fully saturated rings. The molecule has 3 rings (SSSR count). The number of hydrogen-bond donors (Lipinski definition) is 1. The molecule has 0 unspecified atom stereocenters. The normalized spacial score (nSPS) is 17.3. The average Bonchev–Trinajstić information content (AvgIpc) is 2.50. The van der Waals surface area contributed by atoms with Crippen molar-refractivity contribution in [2.24, 2.45) is 0 Å². The number of alkyl halides is 2. The van der Waals surface area contributed by atoms with Crippen molar-refractivity contribution in [2.45, 2.75) is 18.8 Å². The van der Waals surface area contributed by atoms with Crippen LogP contribution in [0.2, 0.25) is 5.02 Å². The Morgan fingerprint density at radius 1 is 1.14 bits per heavy atom. The summed E-state index contributed by atoms with van der Waals surface area (Å²) >= 11 is 6.03. The molecule has 1 N–H and O–H groups in total. The predicted molar refractivity (Wildman–Crippen MR) is 81.0 cm³/mol. The third kappa shape index (κ3) is 3.41. The van der Waals surface area contributed by atoms with Gasteiger partial charge in [0.05, 0.1) is 5.02 Å². The molecule has 0 amide bonds. The van der Waals surface area contributed by atoms with E-state index in [1.54, 1.807) is 35.5 Å². The van der Waals surface area contributed by atoms with Gasteiger partial charge in [0.2, 0.25) is 5.95 Å². The molecular weight excluding hydrogens is 312 g/mol. The molecule has 0 spiro atoms. The van der Waals surface area contributed by atoms with Crippen molar-refractivity contribution in [1.29, 1.82) is 0 Å². The van der Waals surface area contributed by atoms with Crippen LogP contribution in [0.25, 0.3) is 0 Å². The summed E-state index contributed by atoms with van der Waals surface area (Å²) in [6.45, 7) is 0.474. The third-order valence-corrected chi connectivity index (χ3v) is 3.73. The monoisotopic (exact) mass is 325 g/mol. The summed E-state index contributed by atoms with van der Waals surface area (Å²) in [5, 5.41) is 3.47. The van der Waals surface area contributed by atoms with Crippen LogP contribution in [-0.4, -0.2) is 34.0 Å². The number of hydrogen-bond acceptors (Lipinski definition) is 5. The molecule has 1 saturated heterocycles. The van der Waals surface area contributed by atoms with Crippen LogP contribution in [0.15, 0.2) is 30.6 Å². The Morgan fingerprint density at radius 3 is 2.64 bits per heavy atom. The largest absolute Gasteiger partial charge is 0.340 e. The summed E-state index contributed by atoms with van der Waals surface area (Å²) in [6, 6.07) is 5.12. The topological polar surface area (TPSA) is 53.9 Å². The molecule has 1 aliphatic rings. The van der Waals surface area contributed by atoms with Crippen molar-refractivity contribution in [3.8, 4) is 0 Å². The average molecular weight is 326 g/mol. The highest BCUT2D eigenvalue weighted by Crippen LogP contribution is 2.29. The fraction of sp³-hybridized carbons (Fsp3) is 0.357. The Morgan fingerprint density at radius 2 is 1.91 bits per heavy atom. The number of piperidine rings is 1. The zero-order valence-corrected chi connectivity index (χ0v) is 12.4. The number of rotatable bonds is 3. The van der Waals surface area contributed by atoms with Crippen LogP contribution in [0.5, 0.6) is 0 Å². The fourth-order valence-electron chi connectivity index (χ4n) is 2.20. The number of anilines is 3. The summed E-state index contributed by atoms with van der Waals surface area (Å²) in [5.41, 5.74) is 0. The quantitative estimate of drug-likeness (QED) is 0.936. The maximum atomic E-state index is 13.2. The van der Waals surface area contributed by atoms with Crippen molar-refractivity contribution >= 4 is 29.2 Å². The summed E-state index contributed by atoms with van der Waals surface area (Å²) in [6.07, 6.45) is 2.83. The molecule has 3 heterocycles. The van der Waals surface area contributed by atoms with E-state index < -0.39 is 5.92 Å². The lowest BCUT2D eigenvalue weighted by Crippen LogP contribution is -2.40. The zero-order valence-electron chi connectivity index (χ0n) is 11.6. The molecule has 1 aliphatic heterocycles. The molecular formula is C14H14ClF2N5. The van der Waals surface area contributed by atoms with Crippen LogP contribution in [0, 0.1) is 0 Å². The van der Waals surface area contributed by atoms with Crippen LogP contribution in [0.4, 0.5) is 26.4 Å². The zero-order chi connectivity index (χ0) is 15.6. The second-order valence-electron chi connectivity index (χ2n) is 5.04. The molecule has 5 nitrogen and oxygen atoms in total. The first-order valence-corrected chi connectivity index (χ1v) is 7.25. The van der Waals surface area contributed by atoms with Gasteiger partial charge in [-0.25, -0.2) is 18.7 Å². The predicted octanol–water partition coefficient (Wildman–Crippen LogP) is 3.50. The van der Waals surface area contributed by atoms with Gasteiger partial charge >= 0.3 is 0 Å². The summed E-state index contributed by atoms with van der Waals surface area (Å²) in [7, 11) is 0. The molecule has 0 bridgehead atoms. The summed E-state index contributed by atoms with van der Waals surface area (Å²) in [4.78, 5) is 14.4. The Balaban J connectivity index is 1.75. The minimum Gasteiger partial charge on any atom is -0.340 e. The van der Waals surface area contributed by atoms with E-state index >= 15 is 0 Å². The minimum absolute atomic E-state index is 0.180. The van der Waals surface area contributed by atoms with Gasteiger partial charge in [0.25, 0.3) is 5.92 Å². The molecule has 116 valence electrons. The van der Waals surface area contributed by atoms with E-state index in [0.29, 0.717) is 22.6 Å². The van der Waals surface area contributed by atoms with Crippen molar-refractivity contribution in [2.75, 3.05) is 23.3 Å². The summed E-state index contributed by atoms with van der Waals surface area (Å²) in [5.74, 6) is -1.16. The Kier molecular flexibility index (Phi) is 4.06. The highest BCUT2D eigenvalue weighted by atomic mass is 35.5. The van der Waals surface area contributed by atoms with Crippen molar-refractivity contribution in [3.05, 3.63) is 35.6 Å². The lowest BCUT2D eigenvalue weighted by Gasteiger charge is -2.31. The van der Waals surface area contributed by atoms with E-state index in [0.717, 1.165) is 0 Å². The Bertz CT molecular complexity index is 657. The van der Waals surface area contributed by atoms with Crippen LogP contribution >= 0.6 is 11.6 Å². The first-order valence-electron chi connectivity index (χ1n) is 6.87. The second-order valence-corrected chi connectivity index (χ2v) is 5.45. The molecule has 0 aromatic carbocycles. The van der Waals surface area contributed by atoms with Gasteiger partial charge in [0.1, 0.15) is 11.6 Å². The van der Waals surface area contributed by atoms with Gasteiger partial charge in [0.15, 0.2) is 0 Å². The number of nitrogens with one attached hydrogen (secondary N) is 1. The molecule has 0 saturated carbocycles. The van der Waals surface area contributed by atoms with E-state index in [2.05, 4.69) is 20.3 Å². The van der Waals surface area contributed by atoms with Gasteiger partial charge in [-0.2, -0.15) is 4.98 Å². The van der Waals surface area contributed by atoms with Gasteiger partial charge in [-0.15, -0.1) is 0 Å². The van der Waals surface area contributed by atoms with Crippen molar-refractivity contribution < 1.29 is 8.78 Å². The first kappa shape index (κ1) is 14.9. The lowest BCUT2D eigenvalue weighted by molar-refractivity contribution is -0.0222. The molecule has 2 aromatic heterocycles. The van der Waals surface area contributed by atoms with E-state index in [1.165, 1.54) is 0 Å². The van der Waals surface area contributed by atoms with Crippen molar-refractivity contribution in [3.63, 3.8) is 0 Å². The van der Waals surface area contributed by atoms with Crippen molar-refractivity contribution in [1.82, 2.24) is 15.0 Å². The third-order valence-electron chi connectivity index (χ3n) is 3.43. The van der Waals surface area contributed by atoms with Crippen LogP contribution < -0.4 is 10.2 Å². The molecule has 0 radical (unpaired) electrons. The molecule has 2 aromatic rings. The number of aromatic nitrogens is 3. The van der Waals surface area contributed by atoms with Crippen LogP contribution in [0.1, 0.15) is 12.8 Å². The van der Waals surface area contributed by atoms with Gasteiger partial charge in [-0.3, -0.25) is 0 Å². The number of pyridine rings is 1. The maximum absolute atomic E-state index is 13.2. The maximum Gasteiger partial charge on any atom is 0.251 e. The van der Waals surface area contributed by atoms with Gasteiger partial charge in [-0.05, 0) is 18.2 Å². The molecule has 22 heavy (non-hydrogen) atoms. The standard InChI is InChI=1S/C14H14ClF2N5/c15-10-2-1-6-18-12(10)20-11-3-7-19-13(21-11)22-8-4-14(16,17)5-9-22/h1-3,6-7H,4-5,8-9H2,(H,18,19,20,21). The number of nitrogens with zero attached hydrogens (tertiary/aromatic N) is 4. The van der Waals surface area contributed by atoms with Gasteiger partial charge in [0, 0.05) is 38.3 Å². The van der Waals surface area contributed by atoms with E-state index in [-0.39, 0.29) is 25.9 Å². The SMILES string of the molecule is FC1(F)CCN(c2nccc(Nc3ncccc3Cl)n2)CC1. The first-order chi connectivity index (χ1) is 10.5. The highest BCUT2D eigenvalue weighted by molar-refractivity contribution is 6.33. The Hall–Kier alpha value is -2.02. The van der Waals surface area contributed by atoms with Gasteiger partial charge in [-0.1, -0.05) is 11.6 Å². The summed E-state index contributed by atoms with van der Waals surface area (Å²) < 4.78 is 26.4.